The van der Waals surface area contributed by atoms with Crippen molar-refractivity contribution in [3.05, 3.63) is 76.6 Å². The van der Waals surface area contributed by atoms with Gasteiger partial charge < -0.3 is 4.74 Å². The zero-order chi connectivity index (χ0) is 17.8. The van der Waals surface area contributed by atoms with Crippen molar-refractivity contribution in [3.8, 4) is 5.75 Å². The third kappa shape index (κ3) is 4.05. The summed E-state index contributed by atoms with van der Waals surface area (Å²) in [5.41, 5.74) is 2.53. The molecule has 2 aromatic carbocycles. The lowest BCUT2D eigenvalue weighted by Gasteiger charge is -2.03. The van der Waals surface area contributed by atoms with Gasteiger partial charge in [-0.3, -0.25) is 0 Å². The average Bonchev–Trinajstić information content (AvgIpc) is 3.23. The second-order valence-corrected chi connectivity index (χ2v) is 7.91. The largest absolute Gasteiger partial charge is 0.486 e. The smallest absolute Gasteiger partial charge is 0.234 e. The maximum absolute atomic E-state index is 5.81. The zero-order valence-corrected chi connectivity index (χ0v) is 16.0. The van der Waals surface area contributed by atoms with Crippen LogP contribution in [0.5, 0.6) is 5.75 Å². The van der Waals surface area contributed by atoms with E-state index in [1.54, 1.807) is 0 Å². The maximum Gasteiger partial charge on any atom is 0.234 e. The lowest BCUT2D eigenvalue weighted by Crippen LogP contribution is -1.99. The first-order valence-corrected chi connectivity index (χ1v) is 10.3. The molecule has 7 heteroatoms. The molecule has 0 aliphatic heterocycles. The molecule has 0 atom stereocenters. The average molecular weight is 383 g/mol. The minimum Gasteiger partial charge on any atom is -0.486 e. The number of thioether (sulfide) groups is 1. The first-order valence-electron chi connectivity index (χ1n) is 8.29. The van der Waals surface area contributed by atoms with Crippen molar-refractivity contribution in [3.63, 3.8) is 0 Å². The Kier molecular flexibility index (Phi) is 5.17. The van der Waals surface area contributed by atoms with Gasteiger partial charge in [-0.25, -0.2) is 0 Å². The van der Waals surface area contributed by atoms with Crippen LogP contribution in [0, 0.1) is 6.92 Å². The van der Waals surface area contributed by atoms with Gasteiger partial charge in [0.15, 0.2) is 10.8 Å². The molecule has 0 N–H and O–H groups in total. The molecule has 5 nitrogen and oxygen atoms in total. The van der Waals surface area contributed by atoms with Crippen LogP contribution >= 0.6 is 23.1 Å². The van der Waals surface area contributed by atoms with Crippen LogP contribution in [0.25, 0.3) is 4.96 Å². The first-order chi connectivity index (χ1) is 12.8. The monoisotopic (exact) mass is 382 g/mol. The Balaban J connectivity index is 1.37. The second kappa shape index (κ2) is 7.88. The number of aryl methyl sites for hydroxylation is 1. The van der Waals surface area contributed by atoms with Crippen molar-refractivity contribution in [2.75, 3.05) is 0 Å². The minimum atomic E-state index is 0.438. The molecule has 0 aliphatic rings. The van der Waals surface area contributed by atoms with Gasteiger partial charge in [0.1, 0.15) is 12.4 Å². The van der Waals surface area contributed by atoms with Gasteiger partial charge in [0.05, 0.1) is 5.75 Å². The number of aromatic nitrogens is 4. The van der Waals surface area contributed by atoms with E-state index in [0.717, 1.165) is 33.0 Å². The number of rotatable bonds is 7. The topological polar surface area (TPSA) is 52.3 Å². The van der Waals surface area contributed by atoms with Gasteiger partial charge >= 0.3 is 0 Å². The molecule has 0 radical (unpaired) electrons. The van der Waals surface area contributed by atoms with Crippen LogP contribution in [-0.2, 0) is 18.1 Å². The number of hydrogen-bond acceptors (Lipinski definition) is 6. The van der Waals surface area contributed by atoms with Gasteiger partial charge in [-0.15, -0.1) is 22.0 Å². The molecule has 26 heavy (non-hydrogen) atoms. The summed E-state index contributed by atoms with van der Waals surface area (Å²) < 4.78 is 7.64. The highest BCUT2D eigenvalue weighted by Gasteiger charge is 2.12. The summed E-state index contributed by atoms with van der Waals surface area (Å²) in [6.07, 6.45) is 0. The lowest BCUT2D eigenvalue weighted by molar-refractivity contribution is 0.304. The van der Waals surface area contributed by atoms with E-state index in [0.29, 0.717) is 6.61 Å². The normalized spacial score (nSPS) is 11.1. The van der Waals surface area contributed by atoms with Crippen LogP contribution in [0.4, 0.5) is 0 Å². The molecule has 0 fully saturated rings. The molecule has 0 unspecified atom stereocenters. The highest BCUT2D eigenvalue weighted by Crippen LogP contribution is 2.21. The molecule has 0 saturated carbocycles. The molecule has 0 amide bonds. The summed E-state index contributed by atoms with van der Waals surface area (Å²) in [4.78, 5) is 0.808. The van der Waals surface area contributed by atoms with Crippen molar-refractivity contribution >= 4 is 28.1 Å². The molecule has 132 valence electrons. The Labute approximate surface area is 160 Å². The van der Waals surface area contributed by atoms with Crippen molar-refractivity contribution in [2.24, 2.45) is 0 Å². The number of fused-ring (bicyclic) bond motifs is 1. The van der Waals surface area contributed by atoms with Crippen LogP contribution < -0.4 is 4.74 Å². The maximum atomic E-state index is 5.81. The molecule has 0 bridgehead atoms. The summed E-state index contributed by atoms with van der Waals surface area (Å²) >= 11 is 3.32. The van der Waals surface area contributed by atoms with Gasteiger partial charge in [-0.2, -0.15) is 9.61 Å². The number of hydrogen-bond donors (Lipinski definition) is 0. The molecule has 2 aromatic heterocycles. The van der Waals surface area contributed by atoms with Gasteiger partial charge in [-0.05, 0) is 24.6 Å². The van der Waals surface area contributed by atoms with Gasteiger partial charge in [0.25, 0.3) is 0 Å². The number of ether oxygens (including phenoxy) is 1. The third-order valence-corrected chi connectivity index (χ3v) is 5.70. The minimum absolute atomic E-state index is 0.438. The molecular weight excluding hydrogens is 364 g/mol. The summed E-state index contributed by atoms with van der Waals surface area (Å²) in [5, 5.41) is 14.0. The van der Waals surface area contributed by atoms with Crippen LogP contribution in [0.15, 0.2) is 54.6 Å². The number of nitrogens with zero attached hydrogens (tertiary/aromatic N) is 4. The Morgan fingerprint density at radius 1 is 1.00 bits per heavy atom. The SMILES string of the molecule is Cc1ccc(OCc2nn3c(CSCc4ccccc4)nnc3s2)cc1. The molecule has 0 spiro atoms. The van der Waals surface area contributed by atoms with E-state index in [9.17, 15) is 0 Å². The van der Waals surface area contributed by atoms with E-state index in [2.05, 4.69) is 46.5 Å². The Bertz CT molecular complexity index is 980. The van der Waals surface area contributed by atoms with Gasteiger partial charge in [0.2, 0.25) is 4.96 Å². The molecule has 0 aliphatic carbocycles. The lowest BCUT2D eigenvalue weighted by atomic mass is 10.2. The summed E-state index contributed by atoms with van der Waals surface area (Å²) in [6.45, 7) is 2.50. The Hall–Kier alpha value is -2.38. The summed E-state index contributed by atoms with van der Waals surface area (Å²) in [5.74, 6) is 3.44. The summed E-state index contributed by atoms with van der Waals surface area (Å²) in [7, 11) is 0. The van der Waals surface area contributed by atoms with E-state index >= 15 is 0 Å². The molecule has 4 aromatic rings. The quantitative estimate of drug-likeness (QED) is 0.471. The van der Waals surface area contributed by atoms with E-state index < -0.39 is 0 Å². The fraction of sp³-hybridized carbons (Fsp3) is 0.211. The predicted octanol–water partition coefficient (Wildman–Crippen LogP) is 4.51. The van der Waals surface area contributed by atoms with E-state index in [-0.39, 0.29) is 0 Å². The van der Waals surface area contributed by atoms with E-state index in [4.69, 9.17) is 4.74 Å². The van der Waals surface area contributed by atoms with Crippen molar-refractivity contribution in [1.29, 1.82) is 0 Å². The standard InChI is InChI=1S/C19H18N4OS2/c1-14-7-9-16(10-8-14)24-11-18-22-23-17(20-21-19(23)26-18)13-25-12-15-5-3-2-4-6-15/h2-10H,11-13H2,1H3. The van der Waals surface area contributed by atoms with Gasteiger partial charge in [-0.1, -0.05) is 59.4 Å². The highest BCUT2D eigenvalue weighted by atomic mass is 32.2. The third-order valence-electron chi connectivity index (χ3n) is 3.82. The Morgan fingerprint density at radius 3 is 2.62 bits per heavy atom. The van der Waals surface area contributed by atoms with Gasteiger partial charge in [0, 0.05) is 5.75 Å². The molecular formula is C19H18N4OS2. The summed E-state index contributed by atoms with van der Waals surface area (Å²) in [6, 6.07) is 18.4. The highest BCUT2D eigenvalue weighted by molar-refractivity contribution is 7.97. The first kappa shape index (κ1) is 17.1. The van der Waals surface area contributed by atoms with E-state index in [1.807, 2.05) is 46.6 Å². The Morgan fingerprint density at radius 2 is 1.81 bits per heavy atom. The molecule has 4 rings (SSSR count). The van der Waals surface area contributed by atoms with Crippen LogP contribution in [0.2, 0.25) is 0 Å². The fourth-order valence-electron chi connectivity index (χ4n) is 2.46. The predicted molar refractivity (Wildman–Crippen MR) is 106 cm³/mol. The van der Waals surface area contributed by atoms with Crippen molar-refractivity contribution in [1.82, 2.24) is 19.8 Å². The molecule has 0 saturated heterocycles. The van der Waals surface area contributed by atoms with Crippen LogP contribution in [0.3, 0.4) is 0 Å². The van der Waals surface area contributed by atoms with Crippen LogP contribution in [-0.4, -0.2) is 19.8 Å². The van der Waals surface area contributed by atoms with Crippen LogP contribution in [0.1, 0.15) is 22.0 Å². The second-order valence-electron chi connectivity index (χ2n) is 5.89. The fourth-order valence-corrected chi connectivity index (χ4v) is 4.12. The van der Waals surface area contributed by atoms with E-state index in [1.165, 1.54) is 22.5 Å². The van der Waals surface area contributed by atoms with Crippen molar-refractivity contribution in [2.45, 2.75) is 25.0 Å². The molecule has 2 heterocycles. The number of benzene rings is 2. The van der Waals surface area contributed by atoms with Crippen molar-refractivity contribution < 1.29 is 4.74 Å². The zero-order valence-electron chi connectivity index (χ0n) is 14.3.